The number of aliphatic hydroxyl groups is 2. The second kappa shape index (κ2) is 3.69. The Morgan fingerprint density at radius 2 is 2.09 bits per heavy atom. The highest BCUT2D eigenvalue weighted by atomic mass is 35.5. The van der Waals surface area contributed by atoms with E-state index in [1.54, 1.807) is 0 Å². The topological polar surface area (TPSA) is 58.9 Å². The first kappa shape index (κ1) is 9.22. The third kappa shape index (κ3) is 1.65. The van der Waals surface area contributed by atoms with E-state index in [1.807, 2.05) is 0 Å². The average Bonchev–Trinajstić information content (AvgIpc) is 2.30. The van der Waals surface area contributed by atoms with E-state index in [-0.39, 0.29) is 5.88 Å². The third-order valence-corrected chi connectivity index (χ3v) is 2.01. The fourth-order valence-corrected chi connectivity index (χ4v) is 1.29. The van der Waals surface area contributed by atoms with Crippen molar-refractivity contribution in [3.8, 4) is 0 Å². The Bertz CT molecular complexity index is 114. The number of halogens is 1. The van der Waals surface area contributed by atoms with Crippen LogP contribution >= 0.6 is 11.6 Å². The third-order valence-electron chi connectivity index (χ3n) is 1.70. The van der Waals surface area contributed by atoms with Crippen LogP contribution in [0.15, 0.2) is 0 Å². The van der Waals surface area contributed by atoms with Crippen LogP contribution in [0.3, 0.4) is 0 Å². The highest BCUT2D eigenvalue weighted by Gasteiger charge is 2.42. The van der Waals surface area contributed by atoms with Crippen LogP contribution < -0.4 is 0 Å². The Hall–Kier alpha value is 0.130. The lowest BCUT2D eigenvalue weighted by atomic mass is 10.2. The predicted molar refractivity (Wildman–Crippen MR) is 38.4 cm³/mol. The molecule has 0 bridgehead atoms. The molecule has 11 heavy (non-hydrogen) atoms. The first-order valence-corrected chi connectivity index (χ1v) is 3.84. The number of alkyl halides is 1. The van der Waals surface area contributed by atoms with Crippen molar-refractivity contribution in [2.45, 2.75) is 24.6 Å². The zero-order valence-corrected chi connectivity index (χ0v) is 6.86. The van der Waals surface area contributed by atoms with Gasteiger partial charge in [-0.2, -0.15) is 0 Å². The van der Waals surface area contributed by atoms with E-state index in [2.05, 4.69) is 0 Å². The van der Waals surface area contributed by atoms with Gasteiger partial charge < -0.3 is 19.7 Å². The maximum absolute atomic E-state index is 9.22. The van der Waals surface area contributed by atoms with Gasteiger partial charge in [-0.1, -0.05) is 0 Å². The molecule has 0 aromatic heterocycles. The van der Waals surface area contributed by atoms with E-state index in [1.165, 1.54) is 7.11 Å². The van der Waals surface area contributed by atoms with Crippen LogP contribution in [0.2, 0.25) is 0 Å². The SMILES string of the molecule is COC1O[C@H](CCl)[C@@H](O)[C@H]1O. The minimum Gasteiger partial charge on any atom is -0.387 e. The summed E-state index contributed by atoms with van der Waals surface area (Å²) in [6.45, 7) is 0. The first-order valence-electron chi connectivity index (χ1n) is 3.31. The molecular weight excluding hydrogens is 172 g/mol. The molecule has 0 amide bonds. The van der Waals surface area contributed by atoms with E-state index in [0.29, 0.717) is 0 Å². The summed E-state index contributed by atoms with van der Waals surface area (Å²) in [5.41, 5.74) is 0. The van der Waals surface area contributed by atoms with Gasteiger partial charge >= 0.3 is 0 Å². The minimum absolute atomic E-state index is 0.151. The van der Waals surface area contributed by atoms with Crippen molar-refractivity contribution in [3.63, 3.8) is 0 Å². The van der Waals surface area contributed by atoms with Crippen LogP contribution in [-0.4, -0.2) is 47.8 Å². The molecule has 1 rings (SSSR count). The summed E-state index contributed by atoms with van der Waals surface area (Å²) < 4.78 is 9.77. The van der Waals surface area contributed by atoms with Crippen molar-refractivity contribution in [3.05, 3.63) is 0 Å². The monoisotopic (exact) mass is 182 g/mol. The summed E-state index contributed by atoms with van der Waals surface area (Å²) in [5.74, 6) is 0.151. The number of methoxy groups -OCH3 is 1. The van der Waals surface area contributed by atoms with Gasteiger partial charge in [-0.05, 0) is 0 Å². The molecule has 4 nitrogen and oxygen atoms in total. The largest absolute Gasteiger partial charge is 0.387 e. The summed E-state index contributed by atoms with van der Waals surface area (Å²) in [7, 11) is 1.40. The molecule has 66 valence electrons. The van der Waals surface area contributed by atoms with Gasteiger partial charge in [0.05, 0.1) is 5.88 Å². The molecule has 1 unspecified atom stereocenters. The van der Waals surface area contributed by atoms with Crippen LogP contribution in [0.25, 0.3) is 0 Å². The number of hydrogen-bond donors (Lipinski definition) is 2. The zero-order valence-electron chi connectivity index (χ0n) is 6.11. The molecule has 1 saturated heterocycles. The van der Waals surface area contributed by atoms with Gasteiger partial charge in [0.15, 0.2) is 6.29 Å². The number of hydrogen-bond acceptors (Lipinski definition) is 4. The first-order chi connectivity index (χ1) is 5.20. The Morgan fingerprint density at radius 3 is 2.36 bits per heavy atom. The molecule has 1 aliphatic heterocycles. The van der Waals surface area contributed by atoms with Gasteiger partial charge in [-0.15, -0.1) is 11.6 Å². The molecule has 0 aromatic carbocycles. The molecule has 2 N–H and O–H groups in total. The van der Waals surface area contributed by atoms with Crippen LogP contribution in [0, 0.1) is 0 Å². The van der Waals surface area contributed by atoms with Gasteiger partial charge in [-0.25, -0.2) is 0 Å². The Morgan fingerprint density at radius 1 is 1.45 bits per heavy atom. The summed E-state index contributed by atoms with van der Waals surface area (Å²) >= 11 is 5.44. The maximum Gasteiger partial charge on any atom is 0.186 e. The molecule has 1 heterocycles. The van der Waals surface area contributed by atoms with Gasteiger partial charge in [0.25, 0.3) is 0 Å². The summed E-state index contributed by atoms with van der Waals surface area (Å²) in [5, 5.41) is 18.4. The van der Waals surface area contributed by atoms with Crippen molar-refractivity contribution < 1.29 is 19.7 Å². The van der Waals surface area contributed by atoms with Gasteiger partial charge in [0, 0.05) is 7.11 Å². The fraction of sp³-hybridized carbons (Fsp3) is 1.00. The summed E-state index contributed by atoms with van der Waals surface area (Å²) in [4.78, 5) is 0. The van der Waals surface area contributed by atoms with E-state index in [9.17, 15) is 10.2 Å². The standard InChI is InChI=1S/C6H11ClO4/c1-10-6-5(9)4(8)3(2-7)11-6/h3-6,8-9H,2H2,1H3/t3-,4-,5-,6?/m1/s1. The van der Waals surface area contributed by atoms with Gasteiger partial charge in [-0.3, -0.25) is 0 Å². The fourth-order valence-electron chi connectivity index (χ4n) is 1.04. The second-order valence-electron chi connectivity index (χ2n) is 2.41. The van der Waals surface area contributed by atoms with E-state index in [0.717, 1.165) is 0 Å². The van der Waals surface area contributed by atoms with E-state index in [4.69, 9.17) is 21.1 Å². The van der Waals surface area contributed by atoms with E-state index >= 15 is 0 Å². The predicted octanol–water partition coefficient (Wildman–Crippen LogP) is -0.682. The Labute approximate surface area is 69.7 Å². The van der Waals surface area contributed by atoms with E-state index < -0.39 is 24.6 Å². The normalized spacial score (nSPS) is 44.7. The van der Waals surface area contributed by atoms with Crippen molar-refractivity contribution in [1.29, 1.82) is 0 Å². The highest BCUT2D eigenvalue weighted by molar-refractivity contribution is 6.18. The molecular formula is C6H11ClO4. The number of rotatable bonds is 2. The molecule has 1 fully saturated rings. The minimum atomic E-state index is -0.997. The number of ether oxygens (including phenoxy) is 2. The summed E-state index contributed by atoms with van der Waals surface area (Å²) in [6, 6.07) is 0. The van der Waals surface area contributed by atoms with Crippen LogP contribution in [0.4, 0.5) is 0 Å². The molecule has 1 aliphatic rings. The lowest BCUT2D eigenvalue weighted by Crippen LogP contribution is -2.33. The zero-order chi connectivity index (χ0) is 8.43. The highest BCUT2D eigenvalue weighted by Crippen LogP contribution is 2.22. The Kier molecular flexibility index (Phi) is 3.09. The average molecular weight is 183 g/mol. The van der Waals surface area contributed by atoms with Crippen molar-refractivity contribution >= 4 is 11.6 Å². The van der Waals surface area contributed by atoms with Gasteiger partial charge in [0.1, 0.15) is 18.3 Å². The molecule has 0 aromatic rings. The molecule has 0 saturated carbocycles. The molecule has 0 spiro atoms. The number of aliphatic hydroxyl groups excluding tert-OH is 2. The van der Waals surface area contributed by atoms with Crippen LogP contribution in [0.1, 0.15) is 0 Å². The van der Waals surface area contributed by atoms with Crippen molar-refractivity contribution in [1.82, 2.24) is 0 Å². The summed E-state index contributed by atoms with van der Waals surface area (Å²) in [6.07, 6.45) is -3.23. The maximum atomic E-state index is 9.22. The van der Waals surface area contributed by atoms with Crippen LogP contribution in [0.5, 0.6) is 0 Å². The lowest BCUT2D eigenvalue weighted by Gasteiger charge is -2.11. The molecule has 0 radical (unpaired) electrons. The van der Waals surface area contributed by atoms with Gasteiger partial charge in [0.2, 0.25) is 0 Å². The lowest BCUT2D eigenvalue weighted by molar-refractivity contribution is -0.145. The van der Waals surface area contributed by atoms with Crippen molar-refractivity contribution in [2.75, 3.05) is 13.0 Å². The molecule has 4 atom stereocenters. The Balaban J connectivity index is 2.53. The van der Waals surface area contributed by atoms with Crippen LogP contribution in [-0.2, 0) is 9.47 Å². The smallest absolute Gasteiger partial charge is 0.186 e. The second-order valence-corrected chi connectivity index (χ2v) is 2.72. The molecule has 0 aliphatic carbocycles. The van der Waals surface area contributed by atoms with Crippen molar-refractivity contribution in [2.24, 2.45) is 0 Å². The molecule has 5 heteroatoms. The quantitative estimate of drug-likeness (QED) is 0.556.